The van der Waals surface area contributed by atoms with Crippen molar-refractivity contribution in [3.05, 3.63) is 35.9 Å². The van der Waals surface area contributed by atoms with Crippen molar-refractivity contribution in [1.29, 1.82) is 0 Å². The molecule has 1 N–H and O–H groups in total. The Morgan fingerprint density at radius 3 is 2.53 bits per heavy atom. The van der Waals surface area contributed by atoms with Crippen LogP contribution in [0.2, 0.25) is 0 Å². The summed E-state index contributed by atoms with van der Waals surface area (Å²) in [5, 5.41) is 3.01. The van der Waals surface area contributed by atoms with Gasteiger partial charge < -0.3 is 10.1 Å². The van der Waals surface area contributed by atoms with Crippen LogP contribution in [0.4, 0.5) is 0 Å². The molecular formula is C14H21NO2. The van der Waals surface area contributed by atoms with Crippen LogP contribution in [0, 0.1) is 5.92 Å². The van der Waals surface area contributed by atoms with Crippen LogP contribution in [0.15, 0.2) is 30.3 Å². The third kappa shape index (κ3) is 4.19. The monoisotopic (exact) mass is 235 g/mol. The number of carbonyl (C=O) groups excluding carboxylic acids is 1. The third-order valence-corrected chi connectivity index (χ3v) is 3.00. The van der Waals surface area contributed by atoms with Crippen LogP contribution in [0.3, 0.4) is 0 Å². The summed E-state index contributed by atoms with van der Waals surface area (Å²) < 4.78 is 5.30. The van der Waals surface area contributed by atoms with E-state index in [1.165, 1.54) is 0 Å². The molecule has 0 aromatic heterocycles. The smallest absolute Gasteiger partial charge is 0.323 e. The maximum Gasteiger partial charge on any atom is 0.323 e. The Bertz CT molecular complexity index is 337. The summed E-state index contributed by atoms with van der Waals surface area (Å²) in [5.74, 6) is 0.106. The standard InChI is InChI=1S/C14H21NO2/c1-4-11(2)13(15-3)14(16)17-10-12-8-6-5-7-9-12/h5-9,11,13,15H,4,10H2,1-3H3. The Balaban J connectivity index is 2.48. The van der Waals surface area contributed by atoms with Gasteiger partial charge in [-0.1, -0.05) is 50.6 Å². The number of carbonyl (C=O) groups is 1. The molecule has 94 valence electrons. The number of benzene rings is 1. The Labute approximate surface area is 103 Å². The molecule has 0 bridgehead atoms. The van der Waals surface area contributed by atoms with E-state index in [4.69, 9.17) is 4.74 Å². The molecular weight excluding hydrogens is 214 g/mol. The first-order chi connectivity index (χ1) is 8.19. The Kier molecular flexibility index (Phi) is 5.70. The number of hydrogen-bond acceptors (Lipinski definition) is 3. The van der Waals surface area contributed by atoms with Crippen molar-refractivity contribution in [3.63, 3.8) is 0 Å². The predicted octanol–water partition coefficient (Wildman–Crippen LogP) is 2.36. The second-order valence-corrected chi connectivity index (χ2v) is 4.25. The Morgan fingerprint density at radius 1 is 1.35 bits per heavy atom. The summed E-state index contributed by atoms with van der Waals surface area (Å²) in [6.45, 7) is 4.46. The lowest BCUT2D eigenvalue weighted by Gasteiger charge is -2.20. The molecule has 0 saturated carbocycles. The number of nitrogens with one attached hydrogen (secondary N) is 1. The number of esters is 1. The van der Waals surface area contributed by atoms with E-state index in [1.807, 2.05) is 37.3 Å². The summed E-state index contributed by atoms with van der Waals surface area (Å²) in [4.78, 5) is 11.9. The van der Waals surface area contributed by atoms with Gasteiger partial charge in [0.2, 0.25) is 0 Å². The van der Waals surface area contributed by atoms with Gasteiger partial charge in [0.05, 0.1) is 0 Å². The SMILES string of the molecule is CCC(C)C(NC)C(=O)OCc1ccccc1. The fourth-order valence-electron chi connectivity index (χ4n) is 1.69. The van der Waals surface area contributed by atoms with Gasteiger partial charge in [0.15, 0.2) is 0 Å². The van der Waals surface area contributed by atoms with E-state index in [1.54, 1.807) is 7.05 Å². The van der Waals surface area contributed by atoms with Crippen LogP contribution < -0.4 is 5.32 Å². The van der Waals surface area contributed by atoms with E-state index < -0.39 is 0 Å². The fourth-order valence-corrected chi connectivity index (χ4v) is 1.69. The van der Waals surface area contributed by atoms with Crippen LogP contribution in [0.25, 0.3) is 0 Å². The van der Waals surface area contributed by atoms with Crippen LogP contribution >= 0.6 is 0 Å². The molecule has 17 heavy (non-hydrogen) atoms. The lowest BCUT2D eigenvalue weighted by atomic mass is 10.00. The molecule has 0 spiro atoms. The van der Waals surface area contributed by atoms with Gasteiger partial charge in [-0.15, -0.1) is 0 Å². The molecule has 2 unspecified atom stereocenters. The van der Waals surface area contributed by atoms with Crippen LogP contribution in [-0.4, -0.2) is 19.1 Å². The molecule has 0 heterocycles. The summed E-state index contributed by atoms with van der Waals surface area (Å²) in [6.07, 6.45) is 0.950. The highest BCUT2D eigenvalue weighted by atomic mass is 16.5. The lowest BCUT2D eigenvalue weighted by Crippen LogP contribution is -2.40. The molecule has 1 aromatic rings. The van der Waals surface area contributed by atoms with Gasteiger partial charge >= 0.3 is 5.97 Å². The van der Waals surface area contributed by atoms with Crippen LogP contribution in [0.1, 0.15) is 25.8 Å². The van der Waals surface area contributed by atoms with Gasteiger partial charge in [-0.2, -0.15) is 0 Å². The van der Waals surface area contributed by atoms with Crippen molar-refractivity contribution in [1.82, 2.24) is 5.32 Å². The maximum atomic E-state index is 11.9. The highest BCUT2D eigenvalue weighted by Gasteiger charge is 2.23. The molecule has 2 atom stereocenters. The average molecular weight is 235 g/mol. The first kappa shape index (κ1) is 13.7. The van der Waals surface area contributed by atoms with Crippen molar-refractivity contribution in [2.75, 3.05) is 7.05 Å². The van der Waals surface area contributed by atoms with Gasteiger partial charge in [0, 0.05) is 0 Å². The molecule has 0 radical (unpaired) electrons. The molecule has 0 amide bonds. The number of rotatable bonds is 6. The van der Waals surface area contributed by atoms with Crippen LogP contribution in [0.5, 0.6) is 0 Å². The van der Waals surface area contributed by atoms with E-state index in [0.29, 0.717) is 6.61 Å². The largest absolute Gasteiger partial charge is 0.460 e. The molecule has 3 nitrogen and oxygen atoms in total. The zero-order valence-corrected chi connectivity index (χ0v) is 10.8. The van der Waals surface area contributed by atoms with Crippen molar-refractivity contribution in [2.24, 2.45) is 5.92 Å². The van der Waals surface area contributed by atoms with Crippen LogP contribution in [-0.2, 0) is 16.1 Å². The topological polar surface area (TPSA) is 38.3 Å². The molecule has 0 aliphatic heterocycles. The lowest BCUT2D eigenvalue weighted by molar-refractivity contribution is -0.148. The highest BCUT2D eigenvalue weighted by Crippen LogP contribution is 2.10. The Hall–Kier alpha value is -1.35. The van der Waals surface area contributed by atoms with Crippen molar-refractivity contribution < 1.29 is 9.53 Å². The van der Waals surface area contributed by atoms with Crippen molar-refractivity contribution in [2.45, 2.75) is 32.9 Å². The zero-order valence-electron chi connectivity index (χ0n) is 10.8. The average Bonchev–Trinajstić information content (AvgIpc) is 2.38. The second kappa shape index (κ2) is 7.07. The summed E-state index contributed by atoms with van der Waals surface area (Å²) in [6, 6.07) is 9.50. The number of ether oxygens (including phenoxy) is 1. The van der Waals surface area contributed by atoms with Gasteiger partial charge in [0.25, 0.3) is 0 Å². The van der Waals surface area contributed by atoms with Gasteiger partial charge in [-0.05, 0) is 18.5 Å². The van der Waals surface area contributed by atoms with E-state index in [9.17, 15) is 4.79 Å². The summed E-state index contributed by atoms with van der Waals surface area (Å²) in [7, 11) is 1.79. The minimum atomic E-state index is -0.219. The number of hydrogen-bond donors (Lipinski definition) is 1. The van der Waals surface area contributed by atoms with E-state index in [0.717, 1.165) is 12.0 Å². The first-order valence-corrected chi connectivity index (χ1v) is 6.06. The van der Waals surface area contributed by atoms with E-state index >= 15 is 0 Å². The molecule has 0 saturated heterocycles. The minimum Gasteiger partial charge on any atom is -0.460 e. The quantitative estimate of drug-likeness (QED) is 0.769. The molecule has 0 fully saturated rings. The summed E-state index contributed by atoms with van der Waals surface area (Å²) in [5.41, 5.74) is 1.01. The second-order valence-electron chi connectivity index (χ2n) is 4.25. The predicted molar refractivity (Wildman–Crippen MR) is 68.5 cm³/mol. The molecule has 0 aliphatic rings. The highest BCUT2D eigenvalue weighted by molar-refractivity contribution is 5.76. The molecule has 1 rings (SSSR count). The third-order valence-electron chi connectivity index (χ3n) is 3.00. The molecule has 0 aliphatic carbocycles. The van der Waals surface area contributed by atoms with Gasteiger partial charge in [-0.25, -0.2) is 0 Å². The Morgan fingerprint density at radius 2 is 2.00 bits per heavy atom. The summed E-state index contributed by atoms with van der Waals surface area (Å²) >= 11 is 0. The maximum absolute atomic E-state index is 11.9. The minimum absolute atomic E-state index is 0.175. The van der Waals surface area contributed by atoms with E-state index in [2.05, 4.69) is 12.2 Å². The zero-order chi connectivity index (χ0) is 12.7. The van der Waals surface area contributed by atoms with Crippen molar-refractivity contribution in [3.8, 4) is 0 Å². The van der Waals surface area contributed by atoms with E-state index in [-0.39, 0.29) is 17.9 Å². The molecule has 1 aromatic carbocycles. The number of likely N-dealkylation sites (N-methyl/N-ethyl adjacent to an activating group) is 1. The van der Waals surface area contributed by atoms with Crippen molar-refractivity contribution >= 4 is 5.97 Å². The molecule has 3 heteroatoms. The van der Waals surface area contributed by atoms with Gasteiger partial charge in [0.1, 0.15) is 12.6 Å². The van der Waals surface area contributed by atoms with Gasteiger partial charge in [-0.3, -0.25) is 4.79 Å². The normalized spacial score (nSPS) is 14.1. The first-order valence-electron chi connectivity index (χ1n) is 6.06. The fraction of sp³-hybridized carbons (Fsp3) is 0.500.